The average molecular weight is 985 g/mol. The Hall–Kier alpha value is -7.08. The molecule has 0 saturated carbocycles. The fourth-order valence-electron chi connectivity index (χ4n) is 8.33. The van der Waals surface area contributed by atoms with Gasteiger partial charge in [-0.1, -0.05) is 53.4 Å². The van der Waals surface area contributed by atoms with Gasteiger partial charge in [0.2, 0.25) is 0 Å². The van der Waals surface area contributed by atoms with E-state index in [0.717, 1.165) is 118 Å². The Kier molecular flexibility index (Phi) is 22.7. The van der Waals surface area contributed by atoms with Crippen LogP contribution in [0.15, 0.2) is 72.8 Å². The summed E-state index contributed by atoms with van der Waals surface area (Å²) in [4.78, 5) is 50.5. The molecule has 384 valence electrons. The number of unbranched alkanes of at least 4 members (excludes halogenated alkanes) is 4. The zero-order valence-electron chi connectivity index (χ0n) is 43.5. The molecule has 0 saturated heterocycles. The standard InChI is InChI=1S/C60H72O12/c1-9-13-25-69-57-45-29-41(17-21-53(61)65-5)30-46(57)38-48-32-43(19-23-55(63)67-7)34-50(59(48)71-27-15-11-3)40-52-36-44(20-24-56(64)68-8)35-51(60(52)72-28-16-12-4)39-49-33-42(18-22-54(62)66-6)31-47(37-45)58(49)70-26-14-10-2/h17-24,29-36H,9-16,25-28,37-40H2,1-8H3/b21-17+,22-18+,23-19+,24-20?. The minimum atomic E-state index is -0.497. The molecule has 12 heteroatoms. The lowest BCUT2D eigenvalue weighted by atomic mass is 9.88. The lowest BCUT2D eigenvalue weighted by Crippen LogP contribution is -2.11. The fraction of sp³-hybridized carbons (Fsp3) is 0.400. The predicted molar refractivity (Wildman–Crippen MR) is 283 cm³/mol. The summed E-state index contributed by atoms with van der Waals surface area (Å²) in [6.45, 7) is 10.3. The highest BCUT2D eigenvalue weighted by Gasteiger charge is 2.24. The maximum atomic E-state index is 12.6. The molecule has 5 rings (SSSR count). The van der Waals surface area contributed by atoms with Gasteiger partial charge in [0.1, 0.15) is 23.0 Å². The Morgan fingerprint density at radius 3 is 0.681 bits per heavy atom. The number of hydrogen-bond acceptors (Lipinski definition) is 12. The highest BCUT2D eigenvalue weighted by Crippen LogP contribution is 2.42. The van der Waals surface area contributed by atoms with Gasteiger partial charge in [-0.15, -0.1) is 0 Å². The van der Waals surface area contributed by atoms with Crippen molar-refractivity contribution >= 4 is 48.2 Å². The Balaban J connectivity index is 2.01. The zero-order chi connectivity index (χ0) is 51.8. The van der Waals surface area contributed by atoms with Crippen molar-refractivity contribution in [3.05, 3.63) is 140 Å². The van der Waals surface area contributed by atoms with Crippen LogP contribution in [-0.2, 0) is 63.8 Å². The first-order valence-electron chi connectivity index (χ1n) is 25.2. The van der Waals surface area contributed by atoms with E-state index in [1.54, 1.807) is 24.3 Å². The molecule has 8 bridgehead atoms. The molecule has 0 aromatic heterocycles. The van der Waals surface area contributed by atoms with Crippen molar-refractivity contribution in [1.29, 1.82) is 0 Å². The summed E-state index contributed by atoms with van der Waals surface area (Å²) in [5, 5.41) is 0. The van der Waals surface area contributed by atoms with Crippen LogP contribution in [-0.4, -0.2) is 78.7 Å². The molecule has 12 nitrogen and oxygen atoms in total. The quantitative estimate of drug-likeness (QED) is 0.0251. The van der Waals surface area contributed by atoms with Crippen LogP contribution >= 0.6 is 0 Å². The Morgan fingerprint density at radius 1 is 0.347 bits per heavy atom. The molecule has 0 amide bonds. The Bertz CT molecular complexity index is 2160. The summed E-state index contributed by atoms with van der Waals surface area (Å²) in [6.07, 6.45) is 20.8. The third-order valence-corrected chi connectivity index (χ3v) is 12.0. The molecule has 0 atom stereocenters. The van der Waals surface area contributed by atoms with Gasteiger partial charge < -0.3 is 37.9 Å². The molecule has 4 aromatic carbocycles. The van der Waals surface area contributed by atoms with Gasteiger partial charge in [0, 0.05) is 50.0 Å². The van der Waals surface area contributed by atoms with Crippen LogP contribution in [0.5, 0.6) is 23.0 Å². The molecule has 0 radical (unpaired) electrons. The molecule has 4 aromatic rings. The van der Waals surface area contributed by atoms with Crippen molar-refractivity contribution in [3.8, 4) is 23.0 Å². The number of benzene rings is 4. The number of esters is 4. The smallest absolute Gasteiger partial charge is 0.330 e. The third-order valence-electron chi connectivity index (χ3n) is 12.0. The van der Waals surface area contributed by atoms with Gasteiger partial charge in [0.15, 0.2) is 0 Å². The van der Waals surface area contributed by atoms with Crippen molar-refractivity contribution in [2.75, 3.05) is 54.9 Å². The molecular weight excluding hydrogens is 913 g/mol. The van der Waals surface area contributed by atoms with Crippen LogP contribution in [0.4, 0.5) is 0 Å². The van der Waals surface area contributed by atoms with Crippen LogP contribution in [0.1, 0.15) is 146 Å². The van der Waals surface area contributed by atoms with Crippen LogP contribution in [0.25, 0.3) is 24.3 Å². The lowest BCUT2D eigenvalue weighted by molar-refractivity contribution is -0.135. The third kappa shape index (κ3) is 16.5. The molecule has 0 heterocycles. The molecule has 0 unspecified atom stereocenters. The second-order valence-electron chi connectivity index (χ2n) is 17.6. The highest BCUT2D eigenvalue weighted by atomic mass is 16.5. The van der Waals surface area contributed by atoms with E-state index in [0.29, 0.717) is 75.1 Å². The van der Waals surface area contributed by atoms with E-state index >= 15 is 0 Å². The molecule has 0 fully saturated rings. The summed E-state index contributed by atoms with van der Waals surface area (Å²) in [5.74, 6) is 0.783. The van der Waals surface area contributed by atoms with Gasteiger partial charge in [0.25, 0.3) is 0 Å². The summed E-state index contributed by atoms with van der Waals surface area (Å²) in [6, 6.07) is 16.2. The number of fused-ring (bicyclic) bond motifs is 8. The van der Waals surface area contributed by atoms with Crippen molar-refractivity contribution < 1.29 is 57.1 Å². The van der Waals surface area contributed by atoms with Gasteiger partial charge >= 0.3 is 23.9 Å². The minimum Gasteiger partial charge on any atom is -0.493 e. The zero-order valence-corrected chi connectivity index (χ0v) is 43.5. The van der Waals surface area contributed by atoms with E-state index in [2.05, 4.69) is 27.7 Å². The first-order chi connectivity index (χ1) is 35.0. The maximum absolute atomic E-state index is 12.6. The van der Waals surface area contributed by atoms with Gasteiger partial charge in [-0.25, -0.2) is 19.2 Å². The molecule has 0 N–H and O–H groups in total. The molecule has 1 aliphatic carbocycles. The second-order valence-corrected chi connectivity index (χ2v) is 17.6. The number of rotatable bonds is 24. The van der Waals surface area contributed by atoms with Crippen LogP contribution in [0.3, 0.4) is 0 Å². The van der Waals surface area contributed by atoms with E-state index in [4.69, 9.17) is 37.9 Å². The number of ether oxygens (including phenoxy) is 8. The van der Waals surface area contributed by atoms with Crippen molar-refractivity contribution in [2.45, 2.75) is 105 Å². The van der Waals surface area contributed by atoms with Gasteiger partial charge in [-0.2, -0.15) is 0 Å². The predicted octanol–water partition coefficient (Wildman–Crippen LogP) is 11.8. The van der Waals surface area contributed by atoms with Crippen molar-refractivity contribution in [1.82, 2.24) is 0 Å². The first-order valence-corrected chi connectivity index (χ1v) is 25.2. The van der Waals surface area contributed by atoms with Gasteiger partial charge in [0.05, 0.1) is 54.9 Å². The molecule has 0 aliphatic heterocycles. The average Bonchev–Trinajstić information content (AvgIpc) is 3.38. The highest BCUT2D eigenvalue weighted by molar-refractivity contribution is 5.89. The van der Waals surface area contributed by atoms with Crippen molar-refractivity contribution in [2.24, 2.45) is 0 Å². The molecular formula is C60H72O12. The second kappa shape index (κ2) is 29.3. The number of carbonyl (C=O) groups is 4. The fourth-order valence-corrected chi connectivity index (χ4v) is 8.33. The topological polar surface area (TPSA) is 142 Å². The van der Waals surface area contributed by atoms with Crippen LogP contribution in [0.2, 0.25) is 0 Å². The van der Waals surface area contributed by atoms with E-state index in [-0.39, 0.29) is 0 Å². The van der Waals surface area contributed by atoms with Crippen LogP contribution < -0.4 is 18.9 Å². The van der Waals surface area contributed by atoms with Crippen molar-refractivity contribution in [3.63, 3.8) is 0 Å². The van der Waals surface area contributed by atoms with E-state index in [9.17, 15) is 19.2 Å². The molecule has 72 heavy (non-hydrogen) atoms. The number of carbonyl (C=O) groups excluding carboxylic acids is 4. The Morgan fingerprint density at radius 2 is 0.528 bits per heavy atom. The SMILES string of the molecule is CCCCOc1c2cc(C=CC(=O)OC)cc1Cc1cc(/C=C/C(=O)OC)cc(c1OCCCC)Cc1cc(/C=C/C(=O)OC)cc(c1OCCCC)Cc1cc(/C=C/C(=O)OC)cc(c1OCCCC)C2. The summed E-state index contributed by atoms with van der Waals surface area (Å²) < 4.78 is 47.6. The normalized spacial score (nSPS) is 12.3. The first kappa shape index (κ1) is 55.8. The number of methoxy groups -OCH3 is 4. The Labute approximate surface area is 426 Å². The van der Waals surface area contributed by atoms with Gasteiger partial charge in [-0.3, -0.25) is 0 Å². The van der Waals surface area contributed by atoms with E-state index in [1.807, 2.05) is 48.5 Å². The molecule has 0 spiro atoms. The van der Waals surface area contributed by atoms with Gasteiger partial charge in [-0.05, 0) is 165 Å². The van der Waals surface area contributed by atoms with E-state index in [1.165, 1.54) is 52.7 Å². The summed E-state index contributed by atoms with van der Waals surface area (Å²) in [7, 11) is 5.38. The lowest BCUT2D eigenvalue weighted by Gasteiger charge is -2.24. The molecule has 1 aliphatic rings. The summed E-state index contributed by atoms with van der Waals surface area (Å²) in [5.41, 5.74) is 9.74. The largest absolute Gasteiger partial charge is 0.493 e. The van der Waals surface area contributed by atoms with E-state index < -0.39 is 23.9 Å². The van der Waals surface area contributed by atoms with Crippen LogP contribution in [0, 0.1) is 0 Å². The summed E-state index contributed by atoms with van der Waals surface area (Å²) >= 11 is 0. The minimum absolute atomic E-state index is 0.336. The number of hydrogen-bond donors (Lipinski definition) is 0. The monoisotopic (exact) mass is 985 g/mol. The maximum Gasteiger partial charge on any atom is 0.330 e.